The number of anilines is 1. The number of hydrogen-bond donors (Lipinski definition) is 1. The summed E-state index contributed by atoms with van der Waals surface area (Å²) in [5, 5.41) is 3.42. The van der Waals surface area contributed by atoms with Crippen molar-refractivity contribution in [1.29, 1.82) is 0 Å². The molecule has 0 unspecified atom stereocenters. The van der Waals surface area contributed by atoms with Gasteiger partial charge in [0.25, 0.3) is 0 Å². The zero-order valence-corrected chi connectivity index (χ0v) is 14.5. The van der Waals surface area contributed by atoms with Gasteiger partial charge < -0.3 is 15.0 Å². The van der Waals surface area contributed by atoms with Crippen molar-refractivity contribution in [2.24, 2.45) is 0 Å². The molecule has 1 aliphatic carbocycles. The Labute approximate surface area is 136 Å². The van der Waals surface area contributed by atoms with Gasteiger partial charge in [0, 0.05) is 32.3 Å². The first-order chi connectivity index (χ1) is 10.6. The third kappa shape index (κ3) is 5.93. The average molecular weight is 307 g/mol. The van der Waals surface area contributed by atoms with Gasteiger partial charge in [0.1, 0.15) is 0 Å². The van der Waals surface area contributed by atoms with E-state index in [1.807, 2.05) is 6.20 Å². The monoisotopic (exact) mass is 307 g/mol. The number of hydrogen-bond acceptors (Lipinski definition) is 4. The van der Waals surface area contributed by atoms with Crippen LogP contribution in [0.15, 0.2) is 18.3 Å². The summed E-state index contributed by atoms with van der Waals surface area (Å²) in [7, 11) is 0. The van der Waals surface area contributed by atoms with E-state index in [1.165, 1.54) is 18.5 Å². The topological polar surface area (TPSA) is 37.4 Å². The van der Waals surface area contributed by atoms with E-state index in [2.05, 4.69) is 55.0 Å². The van der Waals surface area contributed by atoms with Crippen molar-refractivity contribution in [3.05, 3.63) is 24.0 Å². The highest BCUT2D eigenvalue weighted by atomic mass is 16.5. The van der Waals surface area contributed by atoms with E-state index in [1.54, 1.807) is 0 Å². The van der Waals surface area contributed by atoms with Gasteiger partial charge >= 0.3 is 0 Å². The van der Waals surface area contributed by atoms with Crippen LogP contribution in [0.1, 0.15) is 53.6 Å². The fourth-order valence-corrected chi connectivity index (χ4v) is 2.47. The van der Waals surface area contributed by atoms with Crippen molar-refractivity contribution in [2.45, 2.75) is 58.5 Å². The number of pyridine rings is 1. The van der Waals surface area contributed by atoms with Gasteiger partial charge in [-0.05, 0) is 30.9 Å². The summed E-state index contributed by atoms with van der Waals surface area (Å²) in [4.78, 5) is 6.79. The molecular weight excluding hydrogens is 274 g/mol. The van der Waals surface area contributed by atoms with Crippen LogP contribution < -0.4 is 10.2 Å². The number of morpholine rings is 1. The molecule has 2 heterocycles. The van der Waals surface area contributed by atoms with Gasteiger partial charge in [0.05, 0.1) is 25.1 Å². The second kappa shape index (κ2) is 8.49. The lowest BCUT2D eigenvalue weighted by Gasteiger charge is -2.28. The number of ether oxygens (including phenoxy) is 1. The number of aromatic nitrogens is 1. The van der Waals surface area contributed by atoms with Crippen molar-refractivity contribution < 1.29 is 6.16 Å². The first-order valence-electron chi connectivity index (χ1n) is 8.61. The van der Waals surface area contributed by atoms with Gasteiger partial charge in [0.15, 0.2) is 0 Å². The molecule has 0 aromatic carbocycles. The molecule has 2 aliphatic rings. The molecule has 1 saturated heterocycles. The summed E-state index contributed by atoms with van der Waals surface area (Å²) >= 11 is 0. The zero-order valence-electron chi connectivity index (χ0n) is 14.5. The molecule has 3 rings (SSSR count). The Hall–Kier alpha value is -1.13. The lowest BCUT2D eigenvalue weighted by Crippen LogP contribution is -2.36. The molecule has 4 heteroatoms. The van der Waals surface area contributed by atoms with E-state index in [4.69, 9.17) is 4.74 Å². The van der Waals surface area contributed by atoms with Crippen LogP contribution in [0.5, 0.6) is 0 Å². The predicted molar refractivity (Wildman–Crippen MR) is 94.8 cm³/mol. The molecular formula is C18H33N3O. The summed E-state index contributed by atoms with van der Waals surface area (Å²) in [6, 6.07) is 5.84. The highest BCUT2D eigenvalue weighted by Gasteiger charge is 2.20. The van der Waals surface area contributed by atoms with Crippen LogP contribution in [0, 0.1) is 0 Å². The minimum absolute atomic E-state index is 0. The van der Waals surface area contributed by atoms with E-state index in [-0.39, 0.29) is 1.43 Å². The third-order valence-corrected chi connectivity index (χ3v) is 3.88. The molecule has 0 bridgehead atoms. The van der Waals surface area contributed by atoms with Crippen LogP contribution in [-0.2, 0) is 4.74 Å². The van der Waals surface area contributed by atoms with Crippen molar-refractivity contribution in [3.8, 4) is 0 Å². The molecule has 4 nitrogen and oxygen atoms in total. The molecule has 0 radical (unpaired) electrons. The highest BCUT2D eigenvalue weighted by molar-refractivity contribution is 5.45. The highest BCUT2D eigenvalue weighted by Crippen LogP contribution is 2.19. The van der Waals surface area contributed by atoms with Crippen LogP contribution in [0.25, 0.3) is 0 Å². The number of nitrogens with one attached hydrogen (secondary N) is 1. The maximum Gasteiger partial charge on any atom is 0.0642 e. The molecule has 1 aliphatic heterocycles. The van der Waals surface area contributed by atoms with E-state index < -0.39 is 0 Å². The Morgan fingerprint density at radius 3 is 2.27 bits per heavy atom. The van der Waals surface area contributed by atoms with Gasteiger partial charge in [-0.3, -0.25) is 4.98 Å². The van der Waals surface area contributed by atoms with Gasteiger partial charge in [-0.15, -0.1) is 0 Å². The van der Waals surface area contributed by atoms with Gasteiger partial charge in [-0.1, -0.05) is 27.7 Å². The van der Waals surface area contributed by atoms with E-state index in [0.29, 0.717) is 12.0 Å². The first-order valence-corrected chi connectivity index (χ1v) is 8.61. The molecule has 0 amide bonds. The fraction of sp³-hybridized carbons (Fsp3) is 0.722. The van der Waals surface area contributed by atoms with E-state index >= 15 is 0 Å². The minimum atomic E-state index is 0. The summed E-state index contributed by atoms with van der Waals surface area (Å²) in [5.41, 5.74) is 2.37. The maximum absolute atomic E-state index is 5.32. The smallest absolute Gasteiger partial charge is 0.0642 e. The quantitative estimate of drug-likeness (QED) is 0.924. The van der Waals surface area contributed by atoms with Crippen LogP contribution in [0.3, 0.4) is 0 Å². The largest absolute Gasteiger partial charge is 0.378 e. The Balaban J connectivity index is 0.000000280. The maximum atomic E-state index is 5.32. The second-order valence-corrected chi connectivity index (χ2v) is 6.79. The van der Waals surface area contributed by atoms with Crippen molar-refractivity contribution >= 4 is 5.69 Å². The SMILES string of the molecule is CC(C)NC1CC1.CC(C)c1ccc(N2CCOCC2)cn1.[HH]. The fourth-order valence-electron chi connectivity index (χ4n) is 2.47. The molecule has 22 heavy (non-hydrogen) atoms. The van der Waals surface area contributed by atoms with Crippen LogP contribution in [0.2, 0.25) is 0 Å². The molecule has 1 N–H and O–H groups in total. The molecule has 0 spiro atoms. The van der Waals surface area contributed by atoms with Gasteiger partial charge in [0.2, 0.25) is 0 Å². The minimum Gasteiger partial charge on any atom is -0.378 e. The molecule has 0 atom stereocenters. The Bertz CT molecular complexity index is 426. The molecule has 1 aromatic rings. The summed E-state index contributed by atoms with van der Waals surface area (Å²) < 4.78 is 5.32. The zero-order chi connectivity index (χ0) is 15.9. The van der Waals surface area contributed by atoms with Crippen LogP contribution in [0.4, 0.5) is 5.69 Å². The molecule has 1 aromatic heterocycles. The van der Waals surface area contributed by atoms with Crippen molar-refractivity contribution in [2.75, 3.05) is 31.2 Å². The van der Waals surface area contributed by atoms with Crippen molar-refractivity contribution in [3.63, 3.8) is 0 Å². The second-order valence-electron chi connectivity index (χ2n) is 6.79. The molecule has 1 saturated carbocycles. The third-order valence-electron chi connectivity index (χ3n) is 3.88. The Morgan fingerprint density at radius 1 is 1.18 bits per heavy atom. The first kappa shape index (κ1) is 17.2. The van der Waals surface area contributed by atoms with Crippen LogP contribution >= 0.6 is 0 Å². The normalized spacial score (nSPS) is 18.4. The molecule has 2 fully saturated rings. The summed E-state index contributed by atoms with van der Waals surface area (Å²) in [6.45, 7) is 12.3. The van der Waals surface area contributed by atoms with E-state index in [9.17, 15) is 0 Å². The Kier molecular flexibility index (Phi) is 6.65. The molecule has 126 valence electrons. The lowest BCUT2D eigenvalue weighted by molar-refractivity contribution is 0.122. The number of nitrogens with zero attached hydrogens (tertiary/aromatic N) is 2. The average Bonchev–Trinajstić information content (AvgIpc) is 3.32. The van der Waals surface area contributed by atoms with Gasteiger partial charge in [-0.2, -0.15) is 0 Å². The van der Waals surface area contributed by atoms with Crippen LogP contribution in [-0.4, -0.2) is 43.4 Å². The van der Waals surface area contributed by atoms with E-state index in [0.717, 1.165) is 38.0 Å². The van der Waals surface area contributed by atoms with Gasteiger partial charge in [-0.25, -0.2) is 0 Å². The van der Waals surface area contributed by atoms with Crippen molar-refractivity contribution in [1.82, 2.24) is 10.3 Å². The predicted octanol–water partition coefficient (Wildman–Crippen LogP) is 3.43. The number of rotatable bonds is 4. The summed E-state index contributed by atoms with van der Waals surface area (Å²) in [5.74, 6) is 0.503. The Morgan fingerprint density at radius 2 is 1.86 bits per heavy atom. The lowest BCUT2D eigenvalue weighted by atomic mass is 10.1. The summed E-state index contributed by atoms with van der Waals surface area (Å²) in [6.07, 6.45) is 4.77. The standard InChI is InChI=1S/C12H18N2O.C6H13N.H2/c1-10(2)12-4-3-11(9-13-12)14-5-7-15-8-6-14;1-5(2)7-6-3-4-6;/h3-4,9-10H,5-8H2,1-2H3;5-7H,3-4H2,1-2H3;1H.